The van der Waals surface area contributed by atoms with Crippen molar-refractivity contribution in [1.82, 2.24) is 0 Å². The number of benzene rings is 3. The summed E-state index contributed by atoms with van der Waals surface area (Å²) in [5.41, 5.74) is 1.31. The topological polar surface area (TPSA) is 72.2 Å². The molecule has 0 unspecified atom stereocenters. The van der Waals surface area contributed by atoms with Crippen LogP contribution in [0.25, 0.3) is 16.8 Å². The predicted octanol–water partition coefficient (Wildman–Crippen LogP) is 4.40. The van der Waals surface area contributed by atoms with Crippen molar-refractivity contribution in [3.05, 3.63) is 88.5 Å². The summed E-state index contributed by atoms with van der Waals surface area (Å²) in [6, 6.07) is 19.6. The zero-order valence-electron chi connectivity index (χ0n) is 12.7. The van der Waals surface area contributed by atoms with Crippen molar-refractivity contribution in [2.75, 3.05) is 5.32 Å². The zero-order valence-corrected chi connectivity index (χ0v) is 12.7. The third-order valence-corrected chi connectivity index (χ3v) is 3.56. The Balaban J connectivity index is 1.78. The van der Waals surface area contributed by atoms with Gasteiger partial charge in [0.2, 0.25) is 5.91 Å². The van der Waals surface area contributed by atoms with Gasteiger partial charge in [0, 0.05) is 29.3 Å². The maximum atomic E-state index is 12.1. The number of hydrogen-bond donors (Lipinski definition) is 1. The van der Waals surface area contributed by atoms with Crippen molar-refractivity contribution in [3.63, 3.8) is 0 Å². The number of hydrogen-bond acceptors (Lipinski definition) is 3. The van der Waals surface area contributed by atoms with Crippen molar-refractivity contribution in [2.45, 2.75) is 0 Å². The number of nitrogens with one attached hydrogen (secondary N) is 1. The Kier molecular flexibility index (Phi) is 4.34. The molecular weight excluding hydrogens is 304 g/mol. The Hall–Kier alpha value is -3.47. The third-order valence-electron chi connectivity index (χ3n) is 3.56. The number of carbonyl (C=O) groups excluding carboxylic acids is 1. The Morgan fingerprint density at radius 3 is 2.58 bits per heavy atom. The summed E-state index contributed by atoms with van der Waals surface area (Å²) in [5, 5.41) is 15.6. The Morgan fingerprint density at radius 1 is 1.00 bits per heavy atom. The van der Waals surface area contributed by atoms with Crippen LogP contribution >= 0.6 is 0 Å². The minimum absolute atomic E-state index is 0.00777. The number of carbonyl (C=O) groups is 1. The lowest BCUT2D eigenvalue weighted by Crippen LogP contribution is -2.08. The summed E-state index contributed by atoms with van der Waals surface area (Å²) >= 11 is 0. The first kappa shape index (κ1) is 15.4. The summed E-state index contributed by atoms with van der Waals surface area (Å²) in [7, 11) is 0. The van der Waals surface area contributed by atoms with Gasteiger partial charge in [-0.15, -0.1) is 0 Å². The minimum Gasteiger partial charge on any atom is -0.322 e. The molecule has 0 radical (unpaired) electrons. The molecule has 0 aliphatic rings. The molecule has 5 nitrogen and oxygen atoms in total. The fourth-order valence-corrected chi connectivity index (χ4v) is 2.42. The van der Waals surface area contributed by atoms with E-state index in [-0.39, 0.29) is 11.6 Å². The quantitative estimate of drug-likeness (QED) is 0.440. The van der Waals surface area contributed by atoms with Crippen molar-refractivity contribution in [3.8, 4) is 0 Å². The van der Waals surface area contributed by atoms with Gasteiger partial charge in [0.1, 0.15) is 0 Å². The predicted molar refractivity (Wildman–Crippen MR) is 94.7 cm³/mol. The highest BCUT2D eigenvalue weighted by atomic mass is 16.6. The normalized spacial score (nSPS) is 10.8. The van der Waals surface area contributed by atoms with Gasteiger partial charge in [-0.1, -0.05) is 48.5 Å². The van der Waals surface area contributed by atoms with E-state index in [4.69, 9.17) is 0 Å². The lowest BCUT2D eigenvalue weighted by atomic mass is 10.1. The first-order valence-corrected chi connectivity index (χ1v) is 7.35. The minimum atomic E-state index is -0.465. The summed E-state index contributed by atoms with van der Waals surface area (Å²) in [6.07, 6.45) is 2.91. The lowest BCUT2D eigenvalue weighted by Gasteiger charge is -2.06. The molecule has 0 aliphatic heterocycles. The number of nitrogens with zero attached hydrogens (tertiary/aromatic N) is 1. The van der Waals surface area contributed by atoms with Crippen LogP contribution < -0.4 is 5.32 Å². The summed E-state index contributed by atoms with van der Waals surface area (Å²) in [5.74, 6) is -0.294. The van der Waals surface area contributed by atoms with E-state index >= 15 is 0 Å². The maximum Gasteiger partial charge on any atom is 0.270 e. The molecule has 0 bridgehead atoms. The average molecular weight is 318 g/mol. The number of non-ortho nitro benzene ring substituents is 1. The highest BCUT2D eigenvalue weighted by Crippen LogP contribution is 2.23. The monoisotopic (exact) mass is 318 g/mol. The van der Waals surface area contributed by atoms with E-state index in [0.29, 0.717) is 5.56 Å². The van der Waals surface area contributed by atoms with Crippen LogP contribution in [-0.2, 0) is 4.79 Å². The molecule has 0 saturated carbocycles. The van der Waals surface area contributed by atoms with E-state index in [2.05, 4.69) is 5.32 Å². The number of nitro benzene ring substituents is 1. The average Bonchev–Trinajstić information content (AvgIpc) is 2.60. The maximum absolute atomic E-state index is 12.1. The molecule has 3 aromatic rings. The molecule has 3 rings (SSSR count). The third kappa shape index (κ3) is 3.47. The van der Waals surface area contributed by atoms with Crippen LogP contribution in [0.15, 0.2) is 72.8 Å². The molecule has 0 saturated heterocycles. The van der Waals surface area contributed by atoms with Gasteiger partial charge in [-0.25, -0.2) is 0 Å². The molecule has 1 amide bonds. The molecular formula is C19H14N2O3. The second-order valence-electron chi connectivity index (χ2n) is 5.20. The van der Waals surface area contributed by atoms with Gasteiger partial charge in [0.15, 0.2) is 0 Å². The van der Waals surface area contributed by atoms with Crippen LogP contribution in [0.4, 0.5) is 11.4 Å². The van der Waals surface area contributed by atoms with E-state index < -0.39 is 4.92 Å². The molecule has 5 heteroatoms. The van der Waals surface area contributed by atoms with E-state index in [0.717, 1.165) is 16.5 Å². The van der Waals surface area contributed by atoms with Crippen LogP contribution in [0, 0.1) is 10.1 Å². The molecule has 24 heavy (non-hydrogen) atoms. The van der Waals surface area contributed by atoms with Gasteiger partial charge in [0.25, 0.3) is 5.69 Å². The Morgan fingerprint density at radius 2 is 1.75 bits per heavy atom. The standard InChI is InChI=1S/C19H14N2O3/c22-19(12-11-14-5-3-8-16(13-14)21(23)24)20-18-10-4-7-15-6-1-2-9-17(15)18/h1-13H,(H,20,22)/b12-11+. The van der Waals surface area contributed by atoms with E-state index in [1.165, 1.54) is 18.2 Å². The molecule has 0 aliphatic carbocycles. The molecule has 0 aromatic heterocycles. The molecule has 1 N–H and O–H groups in total. The zero-order chi connectivity index (χ0) is 16.9. The smallest absolute Gasteiger partial charge is 0.270 e. The highest BCUT2D eigenvalue weighted by Gasteiger charge is 2.05. The Labute approximate surface area is 138 Å². The van der Waals surface area contributed by atoms with Crippen LogP contribution in [0.2, 0.25) is 0 Å². The van der Waals surface area contributed by atoms with Crippen LogP contribution in [0.3, 0.4) is 0 Å². The Bertz CT molecular complexity index is 943. The molecule has 0 fully saturated rings. The number of amides is 1. The first-order chi connectivity index (χ1) is 11.6. The van der Waals surface area contributed by atoms with Crippen LogP contribution in [0.1, 0.15) is 5.56 Å². The fraction of sp³-hybridized carbons (Fsp3) is 0. The van der Waals surface area contributed by atoms with Crippen LogP contribution in [0.5, 0.6) is 0 Å². The molecule has 0 heterocycles. The van der Waals surface area contributed by atoms with E-state index in [9.17, 15) is 14.9 Å². The van der Waals surface area contributed by atoms with Crippen molar-refractivity contribution < 1.29 is 9.72 Å². The first-order valence-electron chi connectivity index (χ1n) is 7.35. The molecule has 3 aromatic carbocycles. The summed E-state index contributed by atoms with van der Waals surface area (Å²) in [4.78, 5) is 22.4. The number of anilines is 1. The second kappa shape index (κ2) is 6.75. The molecule has 118 valence electrons. The number of rotatable bonds is 4. The van der Waals surface area contributed by atoms with Crippen LogP contribution in [-0.4, -0.2) is 10.8 Å². The van der Waals surface area contributed by atoms with Gasteiger partial charge in [-0.2, -0.15) is 0 Å². The van der Waals surface area contributed by atoms with E-state index in [1.807, 2.05) is 42.5 Å². The summed E-state index contributed by atoms with van der Waals surface area (Å²) < 4.78 is 0. The summed E-state index contributed by atoms with van der Waals surface area (Å²) in [6.45, 7) is 0. The van der Waals surface area contributed by atoms with Crippen molar-refractivity contribution in [2.24, 2.45) is 0 Å². The van der Waals surface area contributed by atoms with Gasteiger partial charge in [-0.3, -0.25) is 14.9 Å². The number of fused-ring (bicyclic) bond motifs is 1. The van der Waals surface area contributed by atoms with Gasteiger partial charge in [-0.05, 0) is 23.1 Å². The van der Waals surface area contributed by atoms with Gasteiger partial charge in [0.05, 0.1) is 4.92 Å². The SMILES string of the molecule is O=C(/C=C/c1cccc([N+](=O)[O-])c1)Nc1cccc2ccccc12. The van der Waals surface area contributed by atoms with Gasteiger partial charge >= 0.3 is 0 Å². The molecule has 0 atom stereocenters. The highest BCUT2D eigenvalue weighted by molar-refractivity contribution is 6.07. The number of nitro groups is 1. The largest absolute Gasteiger partial charge is 0.322 e. The van der Waals surface area contributed by atoms with E-state index in [1.54, 1.807) is 18.2 Å². The second-order valence-corrected chi connectivity index (χ2v) is 5.20. The lowest BCUT2D eigenvalue weighted by molar-refractivity contribution is -0.384. The van der Waals surface area contributed by atoms with Crippen molar-refractivity contribution in [1.29, 1.82) is 0 Å². The molecule has 0 spiro atoms. The fourth-order valence-electron chi connectivity index (χ4n) is 2.42. The van der Waals surface area contributed by atoms with Crippen molar-refractivity contribution >= 4 is 34.1 Å². The van der Waals surface area contributed by atoms with Gasteiger partial charge < -0.3 is 5.32 Å².